The first-order valence-electron chi connectivity index (χ1n) is 10.1. The number of imidazole rings is 1. The number of nitrogens with one attached hydrogen (secondary N) is 1. The van der Waals surface area contributed by atoms with E-state index in [2.05, 4.69) is 59.1 Å². The first kappa shape index (κ1) is 19.4. The highest BCUT2D eigenvalue weighted by Gasteiger charge is 2.33. The molecule has 1 aliphatic rings. The topological polar surface area (TPSA) is 106 Å². The molecule has 0 unspecified atom stereocenters. The van der Waals surface area contributed by atoms with Crippen molar-refractivity contribution in [2.24, 2.45) is 0 Å². The Bertz CT molecular complexity index is 1300. The Morgan fingerprint density at radius 2 is 1.94 bits per heavy atom. The van der Waals surface area contributed by atoms with Crippen LogP contribution in [-0.4, -0.2) is 50.3 Å². The lowest BCUT2D eigenvalue weighted by Gasteiger charge is -2.41. The minimum Gasteiger partial charge on any atom is -0.506 e. The van der Waals surface area contributed by atoms with Gasteiger partial charge < -0.3 is 10.4 Å². The smallest absolute Gasteiger partial charge is 0.234 e. The molecule has 0 bridgehead atoms. The third-order valence-electron chi connectivity index (χ3n) is 5.26. The molecule has 31 heavy (non-hydrogen) atoms. The molecule has 0 aliphatic carbocycles. The van der Waals surface area contributed by atoms with Crippen molar-refractivity contribution in [3.8, 4) is 22.8 Å². The van der Waals surface area contributed by atoms with Crippen LogP contribution in [0, 0.1) is 0 Å². The maximum atomic E-state index is 10.5. The predicted octanol–water partition coefficient (Wildman–Crippen LogP) is 3.01. The Morgan fingerprint density at radius 3 is 2.65 bits per heavy atom. The highest BCUT2D eigenvalue weighted by atomic mass is 16.3. The minimum atomic E-state index is -0.118. The van der Waals surface area contributed by atoms with Crippen LogP contribution in [0.5, 0.6) is 5.75 Å². The first-order chi connectivity index (χ1) is 14.7. The summed E-state index contributed by atoms with van der Waals surface area (Å²) in [7, 11) is 0. The van der Waals surface area contributed by atoms with Gasteiger partial charge in [-0.15, -0.1) is 0 Å². The largest absolute Gasteiger partial charge is 0.506 e. The van der Waals surface area contributed by atoms with Gasteiger partial charge in [-0.25, -0.2) is 24.6 Å². The van der Waals surface area contributed by atoms with Gasteiger partial charge in [0.15, 0.2) is 0 Å². The van der Waals surface area contributed by atoms with E-state index in [0.717, 1.165) is 12.1 Å². The fraction of sp³-hybridized carbons (Fsp3) is 0.318. The van der Waals surface area contributed by atoms with Crippen molar-refractivity contribution >= 4 is 11.4 Å². The first-order valence-corrected chi connectivity index (χ1v) is 10.1. The summed E-state index contributed by atoms with van der Waals surface area (Å²) in [5.74, 6) is 0.574. The summed E-state index contributed by atoms with van der Waals surface area (Å²) >= 11 is 0. The molecule has 158 valence electrons. The number of nitrogens with zero attached hydrogens (tertiary/aromatic N) is 7. The van der Waals surface area contributed by atoms with E-state index < -0.39 is 0 Å². The van der Waals surface area contributed by atoms with Crippen molar-refractivity contribution in [1.29, 1.82) is 0 Å². The highest BCUT2D eigenvalue weighted by molar-refractivity contribution is 5.69. The molecule has 4 aromatic rings. The Morgan fingerprint density at radius 1 is 1.13 bits per heavy atom. The molecule has 4 aromatic heterocycles. The monoisotopic (exact) mass is 416 g/mol. The molecular weight excluding hydrogens is 392 g/mol. The Labute approximate surface area is 179 Å². The van der Waals surface area contributed by atoms with Crippen LogP contribution in [-0.2, 0) is 0 Å². The highest BCUT2D eigenvalue weighted by Crippen LogP contribution is 2.33. The third kappa shape index (κ3) is 3.68. The second kappa shape index (κ2) is 6.71. The zero-order valence-electron chi connectivity index (χ0n) is 17.9. The number of hydrogen-bond acceptors (Lipinski definition) is 7. The molecule has 0 spiro atoms. The third-order valence-corrected chi connectivity index (χ3v) is 5.26. The standard InChI is InChI=1S/C22H24N8O/c1-21(2)8-14(9-22(3,4)28-21)16-5-6-29-11-17(27-20(29)26-16)19-18(31)7-15(10-24-19)30-13-23-12-25-30/h5-8,10-13,28,31H,9H2,1-4H3. The van der Waals surface area contributed by atoms with E-state index in [-0.39, 0.29) is 16.8 Å². The average molecular weight is 416 g/mol. The number of fused-ring (bicyclic) bond motifs is 1. The van der Waals surface area contributed by atoms with Crippen LogP contribution in [0.4, 0.5) is 0 Å². The van der Waals surface area contributed by atoms with Crippen LogP contribution in [0.3, 0.4) is 0 Å². The zero-order valence-corrected chi connectivity index (χ0v) is 17.9. The molecule has 0 radical (unpaired) electrons. The molecule has 9 nitrogen and oxygen atoms in total. The fourth-order valence-electron chi connectivity index (χ4n) is 4.35. The Hall–Kier alpha value is -3.59. The number of hydrogen-bond donors (Lipinski definition) is 2. The van der Waals surface area contributed by atoms with Crippen LogP contribution < -0.4 is 5.32 Å². The van der Waals surface area contributed by atoms with E-state index in [9.17, 15) is 5.11 Å². The summed E-state index contributed by atoms with van der Waals surface area (Å²) in [6.07, 6.45) is 11.5. The Kier molecular flexibility index (Phi) is 4.19. The fourth-order valence-corrected chi connectivity index (χ4v) is 4.35. The minimum absolute atomic E-state index is 0.0150. The maximum Gasteiger partial charge on any atom is 0.234 e. The molecule has 5 heterocycles. The molecule has 0 fully saturated rings. The van der Waals surface area contributed by atoms with Crippen LogP contribution in [0.2, 0.25) is 0 Å². The van der Waals surface area contributed by atoms with Crippen molar-refractivity contribution in [2.75, 3.05) is 0 Å². The average Bonchev–Trinajstić information content (AvgIpc) is 3.34. The van der Waals surface area contributed by atoms with Gasteiger partial charge in [0.25, 0.3) is 0 Å². The molecule has 1 aliphatic heterocycles. The van der Waals surface area contributed by atoms with Crippen molar-refractivity contribution in [3.63, 3.8) is 0 Å². The summed E-state index contributed by atoms with van der Waals surface area (Å²) in [5, 5.41) is 18.2. The van der Waals surface area contributed by atoms with Crippen LogP contribution in [0.25, 0.3) is 28.4 Å². The van der Waals surface area contributed by atoms with Gasteiger partial charge in [-0.05, 0) is 45.8 Å². The second-order valence-corrected chi connectivity index (χ2v) is 9.12. The van der Waals surface area contributed by atoms with Gasteiger partial charge in [0.2, 0.25) is 5.78 Å². The number of rotatable bonds is 3. The SMILES string of the molecule is CC1(C)C=C(c2ccn3cc(-c4ncc(-n5cncn5)cc4O)nc3n2)CC(C)(C)N1. The van der Waals surface area contributed by atoms with E-state index in [0.29, 0.717) is 22.9 Å². The van der Waals surface area contributed by atoms with Gasteiger partial charge in [0.05, 0.1) is 17.6 Å². The lowest BCUT2D eigenvalue weighted by Crippen LogP contribution is -2.53. The summed E-state index contributed by atoms with van der Waals surface area (Å²) < 4.78 is 3.37. The van der Waals surface area contributed by atoms with Gasteiger partial charge in [0, 0.05) is 29.5 Å². The van der Waals surface area contributed by atoms with Crippen molar-refractivity contribution in [3.05, 3.63) is 55.1 Å². The molecule has 2 N–H and O–H groups in total. The van der Waals surface area contributed by atoms with Gasteiger partial charge in [-0.2, -0.15) is 5.10 Å². The predicted molar refractivity (Wildman–Crippen MR) is 117 cm³/mol. The molecule has 0 aromatic carbocycles. The van der Waals surface area contributed by atoms with Gasteiger partial charge in [0.1, 0.15) is 29.8 Å². The van der Waals surface area contributed by atoms with E-state index in [4.69, 9.17) is 4.98 Å². The Balaban J connectivity index is 1.51. The van der Waals surface area contributed by atoms with Gasteiger partial charge in [-0.1, -0.05) is 6.08 Å². The summed E-state index contributed by atoms with van der Waals surface area (Å²) in [5.41, 5.74) is 3.51. The molecular formula is C22H24N8O. The maximum absolute atomic E-state index is 10.5. The number of aromatic hydroxyl groups is 1. The van der Waals surface area contributed by atoms with Crippen molar-refractivity contribution < 1.29 is 5.11 Å². The lowest BCUT2D eigenvalue weighted by atomic mass is 9.82. The molecule has 9 heteroatoms. The molecule has 0 saturated heterocycles. The lowest BCUT2D eigenvalue weighted by molar-refractivity contribution is 0.297. The van der Waals surface area contributed by atoms with Crippen LogP contribution in [0.15, 0.2) is 49.5 Å². The second-order valence-electron chi connectivity index (χ2n) is 9.12. The quantitative estimate of drug-likeness (QED) is 0.529. The number of pyridine rings is 1. The van der Waals surface area contributed by atoms with E-state index in [1.54, 1.807) is 18.6 Å². The van der Waals surface area contributed by atoms with E-state index in [1.807, 2.05) is 22.9 Å². The molecule has 0 atom stereocenters. The molecule has 5 rings (SSSR count). The number of aromatic nitrogens is 7. The normalized spacial score (nSPS) is 17.6. The zero-order chi connectivity index (χ0) is 21.8. The van der Waals surface area contributed by atoms with Crippen molar-refractivity contribution in [1.82, 2.24) is 39.4 Å². The van der Waals surface area contributed by atoms with E-state index >= 15 is 0 Å². The molecule has 0 saturated carbocycles. The van der Waals surface area contributed by atoms with Crippen LogP contribution >= 0.6 is 0 Å². The summed E-state index contributed by atoms with van der Waals surface area (Å²) in [6.45, 7) is 8.73. The van der Waals surface area contributed by atoms with Crippen LogP contribution in [0.1, 0.15) is 39.8 Å². The summed E-state index contributed by atoms with van der Waals surface area (Å²) in [4.78, 5) is 17.7. The van der Waals surface area contributed by atoms with Crippen molar-refractivity contribution in [2.45, 2.75) is 45.2 Å². The summed E-state index contributed by atoms with van der Waals surface area (Å²) in [6, 6.07) is 3.59. The van der Waals surface area contributed by atoms with E-state index in [1.165, 1.54) is 16.6 Å². The molecule has 0 amide bonds. The van der Waals surface area contributed by atoms with Gasteiger partial charge in [-0.3, -0.25) is 4.40 Å². The van der Waals surface area contributed by atoms with Gasteiger partial charge >= 0.3 is 0 Å².